The fourth-order valence-corrected chi connectivity index (χ4v) is 6.93. The number of carbonyl (C=O) groups excluding carboxylic acids is 2. The van der Waals surface area contributed by atoms with Gasteiger partial charge in [0.05, 0.1) is 19.1 Å². The van der Waals surface area contributed by atoms with E-state index in [1.807, 2.05) is 85.8 Å². The summed E-state index contributed by atoms with van der Waals surface area (Å²) in [5.41, 5.74) is 3.50. The van der Waals surface area contributed by atoms with E-state index >= 15 is 0 Å². The Balaban J connectivity index is 1.59. The third-order valence-electron chi connectivity index (χ3n) is 8.49. The molecule has 3 aromatic carbocycles. The quantitative estimate of drug-likeness (QED) is 0.225. The summed E-state index contributed by atoms with van der Waals surface area (Å²) in [7, 11) is -1.97. The van der Waals surface area contributed by atoms with Crippen molar-refractivity contribution >= 4 is 27.5 Å². The van der Waals surface area contributed by atoms with Gasteiger partial charge in [-0.2, -0.15) is 0 Å². The molecule has 45 heavy (non-hydrogen) atoms. The number of amides is 2. The number of benzene rings is 3. The minimum absolute atomic E-state index is 0.0883. The van der Waals surface area contributed by atoms with Crippen LogP contribution < -0.4 is 14.4 Å². The lowest BCUT2D eigenvalue weighted by Crippen LogP contribution is -2.52. The van der Waals surface area contributed by atoms with Gasteiger partial charge < -0.3 is 15.0 Å². The van der Waals surface area contributed by atoms with E-state index in [9.17, 15) is 18.0 Å². The average Bonchev–Trinajstić information content (AvgIpc) is 3.05. The lowest BCUT2D eigenvalue weighted by Gasteiger charge is -2.34. The molecule has 1 fully saturated rings. The van der Waals surface area contributed by atoms with Crippen molar-refractivity contribution in [3.05, 3.63) is 95.6 Å². The zero-order chi connectivity index (χ0) is 32.2. The number of aryl methyl sites for hydroxylation is 1. The lowest BCUT2D eigenvalue weighted by molar-refractivity contribution is -0.141. The highest BCUT2D eigenvalue weighted by Crippen LogP contribution is 2.23. The molecule has 0 aromatic heterocycles. The zero-order valence-electron chi connectivity index (χ0n) is 26.8. The van der Waals surface area contributed by atoms with Crippen molar-refractivity contribution in [3.63, 3.8) is 0 Å². The van der Waals surface area contributed by atoms with Crippen LogP contribution >= 0.6 is 0 Å². The molecule has 0 unspecified atom stereocenters. The van der Waals surface area contributed by atoms with Crippen molar-refractivity contribution in [1.82, 2.24) is 10.2 Å². The van der Waals surface area contributed by atoms with Gasteiger partial charge in [-0.3, -0.25) is 13.9 Å². The predicted molar refractivity (Wildman–Crippen MR) is 180 cm³/mol. The van der Waals surface area contributed by atoms with Crippen molar-refractivity contribution in [1.29, 1.82) is 0 Å². The molecule has 1 aliphatic rings. The Labute approximate surface area is 268 Å². The summed E-state index contributed by atoms with van der Waals surface area (Å²) >= 11 is 0. The van der Waals surface area contributed by atoms with Crippen molar-refractivity contribution in [3.8, 4) is 5.75 Å². The standard InChI is InChI=1S/C36H47N3O5S/c1-4-28-20-22-32(23-21-28)39(45(3,42)43)24-12-19-35(40)38(27-30-15-11-18-33(25-30)44-2)34(26-29-13-7-5-8-14-29)36(41)37-31-16-9-6-10-17-31/h5,7-8,11,13-15,18,20-23,25,31,34H,4,6,9-10,12,16-17,19,24,26-27H2,1-3H3,(H,37,41)/t34-/m0/s1. The van der Waals surface area contributed by atoms with E-state index in [1.54, 1.807) is 12.0 Å². The largest absolute Gasteiger partial charge is 0.497 e. The highest BCUT2D eigenvalue weighted by Gasteiger charge is 2.32. The summed E-state index contributed by atoms with van der Waals surface area (Å²) in [5, 5.41) is 3.26. The first-order chi connectivity index (χ1) is 21.7. The number of ether oxygens (including phenoxy) is 1. The second-order valence-electron chi connectivity index (χ2n) is 11.9. The summed E-state index contributed by atoms with van der Waals surface area (Å²) in [6, 6.07) is 24.1. The number of methoxy groups -OCH3 is 1. The number of anilines is 1. The second kappa shape index (κ2) is 16.5. The summed E-state index contributed by atoms with van der Waals surface area (Å²) in [4.78, 5) is 29.8. The van der Waals surface area contributed by atoms with E-state index in [-0.39, 0.29) is 37.4 Å². The Hall–Kier alpha value is -3.85. The van der Waals surface area contributed by atoms with E-state index in [4.69, 9.17) is 4.74 Å². The normalized spacial score (nSPS) is 14.4. The summed E-state index contributed by atoms with van der Waals surface area (Å²) in [6.07, 6.45) is 8.02. The van der Waals surface area contributed by atoms with Gasteiger partial charge in [0, 0.05) is 32.0 Å². The monoisotopic (exact) mass is 633 g/mol. The molecule has 4 rings (SSSR count). The van der Waals surface area contributed by atoms with Crippen LogP contribution in [0, 0.1) is 0 Å². The number of nitrogens with zero attached hydrogens (tertiary/aromatic N) is 2. The first kappa shape index (κ1) is 34.0. The summed E-state index contributed by atoms with van der Waals surface area (Å²) < 4.78 is 32.3. The van der Waals surface area contributed by atoms with Crippen molar-refractivity contribution in [2.45, 2.75) is 83.3 Å². The van der Waals surface area contributed by atoms with Gasteiger partial charge in [0.2, 0.25) is 21.8 Å². The van der Waals surface area contributed by atoms with Crippen LogP contribution in [-0.2, 0) is 39.0 Å². The lowest BCUT2D eigenvalue weighted by atomic mass is 9.94. The van der Waals surface area contributed by atoms with Crippen LogP contribution in [0.4, 0.5) is 5.69 Å². The molecule has 3 aromatic rings. The zero-order valence-corrected chi connectivity index (χ0v) is 27.6. The first-order valence-corrected chi connectivity index (χ1v) is 17.9. The SMILES string of the molecule is CCc1ccc(N(CCCC(=O)N(Cc2cccc(OC)c2)[C@@H](Cc2ccccc2)C(=O)NC2CCCCC2)S(C)(=O)=O)cc1. The van der Waals surface area contributed by atoms with Crippen LogP contribution in [0.2, 0.25) is 0 Å². The molecule has 1 N–H and O–H groups in total. The number of rotatable bonds is 15. The predicted octanol–water partition coefficient (Wildman–Crippen LogP) is 5.89. The molecule has 0 aliphatic heterocycles. The van der Waals surface area contributed by atoms with Crippen molar-refractivity contribution in [2.24, 2.45) is 0 Å². The summed E-state index contributed by atoms with van der Waals surface area (Å²) in [5.74, 6) is 0.312. The molecular formula is C36H47N3O5S. The minimum Gasteiger partial charge on any atom is -0.497 e. The number of hydrogen-bond donors (Lipinski definition) is 1. The molecule has 1 atom stereocenters. The molecule has 0 heterocycles. The van der Waals surface area contributed by atoms with E-state index in [2.05, 4.69) is 5.32 Å². The van der Waals surface area contributed by atoms with Gasteiger partial charge >= 0.3 is 0 Å². The van der Waals surface area contributed by atoms with Crippen molar-refractivity contribution in [2.75, 3.05) is 24.2 Å². The molecule has 1 saturated carbocycles. The first-order valence-electron chi connectivity index (χ1n) is 16.0. The van der Waals surface area contributed by atoms with Gasteiger partial charge in [-0.15, -0.1) is 0 Å². The minimum atomic E-state index is -3.57. The van der Waals surface area contributed by atoms with Crippen LogP contribution in [-0.4, -0.2) is 57.1 Å². The maximum atomic E-state index is 14.1. The fraction of sp³-hybridized carbons (Fsp3) is 0.444. The Morgan fingerprint density at radius 3 is 2.24 bits per heavy atom. The Bertz CT molecular complexity index is 1490. The average molecular weight is 634 g/mol. The number of carbonyl (C=O) groups is 2. The van der Waals surface area contributed by atoms with Gasteiger partial charge in [-0.1, -0.05) is 80.8 Å². The maximum absolute atomic E-state index is 14.1. The smallest absolute Gasteiger partial charge is 0.243 e. The maximum Gasteiger partial charge on any atom is 0.243 e. The Morgan fingerprint density at radius 2 is 1.60 bits per heavy atom. The van der Waals surface area contributed by atoms with Crippen LogP contribution in [0.3, 0.4) is 0 Å². The molecular weight excluding hydrogens is 586 g/mol. The molecule has 0 saturated heterocycles. The van der Waals surface area contributed by atoms with Crippen LogP contribution in [0.15, 0.2) is 78.9 Å². The van der Waals surface area contributed by atoms with E-state index in [1.165, 1.54) is 17.0 Å². The summed E-state index contributed by atoms with van der Waals surface area (Å²) in [6.45, 7) is 2.42. The fourth-order valence-electron chi connectivity index (χ4n) is 5.97. The number of nitrogens with one attached hydrogen (secondary N) is 1. The van der Waals surface area contributed by atoms with E-state index < -0.39 is 16.1 Å². The van der Waals surface area contributed by atoms with Gasteiger partial charge in [-0.25, -0.2) is 8.42 Å². The van der Waals surface area contributed by atoms with Gasteiger partial charge in [0.25, 0.3) is 0 Å². The number of hydrogen-bond acceptors (Lipinski definition) is 5. The molecule has 2 amide bonds. The third-order valence-corrected chi connectivity index (χ3v) is 9.69. The molecule has 0 spiro atoms. The topological polar surface area (TPSA) is 96.0 Å². The molecule has 242 valence electrons. The Kier molecular flexibility index (Phi) is 12.4. The van der Waals surface area contributed by atoms with Gasteiger partial charge in [0.1, 0.15) is 11.8 Å². The third kappa shape index (κ3) is 10.1. The van der Waals surface area contributed by atoms with Crippen LogP contribution in [0.5, 0.6) is 5.75 Å². The van der Waals surface area contributed by atoms with Crippen molar-refractivity contribution < 1.29 is 22.7 Å². The highest BCUT2D eigenvalue weighted by molar-refractivity contribution is 7.92. The molecule has 0 radical (unpaired) electrons. The molecule has 9 heteroatoms. The Morgan fingerprint density at radius 1 is 0.911 bits per heavy atom. The molecule has 8 nitrogen and oxygen atoms in total. The van der Waals surface area contributed by atoms with E-state index in [0.717, 1.165) is 48.8 Å². The van der Waals surface area contributed by atoms with E-state index in [0.29, 0.717) is 24.3 Å². The molecule has 1 aliphatic carbocycles. The molecule has 0 bridgehead atoms. The van der Waals surface area contributed by atoms with Gasteiger partial charge in [-0.05, 0) is 66.6 Å². The highest BCUT2D eigenvalue weighted by atomic mass is 32.2. The number of sulfonamides is 1. The van der Waals surface area contributed by atoms with Gasteiger partial charge in [0.15, 0.2) is 0 Å². The van der Waals surface area contributed by atoms with Crippen LogP contribution in [0.1, 0.15) is 68.6 Å². The second-order valence-corrected chi connectivity index (χ2v) is 13.8. The van der Waals surface area contributed by atoms with Crippen LogP contribution in [0.25, 0.3) is 0 Å².